The third kappa shape index (κ3) is 4.16. The molecule has 4 aromatic rings. The first kappa shape index (κ1) is 22.1. The van der Waals surface area contributed by atoms with Crippen molar-refractivity contribution in [2.45, 2.75) is 25.9 Å². The minimum atomic E-state index is -0.206. The monoisotopic (exact) mass is 467 g/mol. The Kier molecular flexibility index (Phi) is 6.08. The zero-order valence-electron chi connectivity index (χ0n) is 18.1. The lowest BCUT2D eigenvalue weighted by molar-refractivity contribution is -0.113. The van der Waals surface area contributed by atoms with Gasteiger partial charge in [0.2, 0.25) is 5.91 Å². The maximum atomic E-state index is 13.4. The van der Waals surface area contributed by atoms with Gasteiger partial charge in [-0.1, -0.05) is 41.6 Å². The number of fused-ring (bicyclic) bond motifs is 1. The highest BCUT2D eigenvalue weighted by Crippen LogP contribution is 2.25. The molecule has 9 heteroatoms. The van der Waals surface area contributed by atoms with Crippen molar-refractivity contribution >= 4 is 45.9 Å². The number of amides is 1. The number of aryl methyl sites for hydroxylation is 3. The average Bonchev–Trinajstić information content (AvgIpc) is 2.99. The van der Waals surface area contributed by atoms with Crippen molar-refractivity contribution < 1.29 is 4.79 Å². The number of para-hydroxylation sites is 1. The van der Waals surface area contributed by atoms with E-state index >= 15 is 0 Å². The molecule has 1 N–H and O–H groups in total. The van der Waals surface area contributed by atoms with E-state index in [0.717, 1.165) is 22.6 Å². The maximum Gasteiger partial charge on any atom is 0.266 e. The van der Waals surface area contributed by atoms with Gasteiger partial charge in [-0.05, 0) is 50.6 Å². The molecule has 32 heavy (non-hydrogen) atoms. The molecule has 0 fully saturated rings. The second kappa shape index (κ2) is 8.80. The molecule has 164 valence electrons. The predicted molar refractivity (Wildman–Crippen MR) is 129 cm³/mol. The summed E-state index contributed by atoms with van der Waals surface area (Å²) in [4.78, 5) is 30.8. The molecule has 0 saturated heterocycles. The fourth-order valence-corrected chi connectivity index (χ4v) is 4.49. The molecular formula is C23H22ClN5O2S. The molecule has 0 atom stereocenters. The summed E-state index contributed by atoms with van der Waals surface area (Å²) in [5.41, 5.74) is 4.26. The smallest absolute Gasteiger partial charge is 0.266 e. The van der Waals surface area contributed by atoms with Gasteiger partial charge in [0, 0.05) is 12.1 Å². The van der Waals surface area contributed by atoms with E-state index in [9.17, 15) is 9.59 Å². The van der Waals surface area contributed by atoms with Crippen LogP contribution in [0.25, 0.3) is 16.6 Å². The van der Waals surface area contributed by atoms with E-state index in [2.05, 4.69) is 15.4 Å². The van der Waals surface area contributed by atoms with Gasteiger partial charge < -0.3 is 5.32 Å². The molecule has 4 rings (SSSR count). The number of carbonyl (C=O) groups excluding carboxylic acids is 1. The first-order valence-corrected chi connectivity index (χ1v) is 11.3. The second-order valence-corrected chi connectivity index (χ2v) is 8.87. The van der Waals surface area contributed by atoms with Crippen molar-refractivity contribution in [3.05, 3.63) is 74.8 Å². The van der Waals surface area contributed by atoms with E-state index in [0.29, 0.717) is 26.8 Å². The molecule has 0 aliphatic heterocycles. The van der Waals surface area contributed by atoms with Crippen LogP contribution < -0.4 is 10.9 Å². The molecule has 2 aromatic heterocycles. The summed E-state index contributed by atoms with van der Waals surface area (Å²) in [5, 5.41) is 8.63. The van der Waals surface area contributed by atoms with Gasteiger partial charge in [0.05, 0.1) is 39.4 Å². The average molecular weight is 468 g/mol. The normalized spacial score (nSPS) is 11.2. The highest BCUT2D eigenvalue weighted by molar-refractivity contribution is 7.99. The Morgan fingerprint density at radius 1 is 1.16 bits per heavy atom. The lowest BCUT2D eigenvalue weighted by Crippen LogP contribution is -2.23. The van der Waals surface area contributed by atoms with Gasteiger partial charge in [-0.3, -0.25) is 18.8 Å². The highest BCUT2D eigenvalue weighted by atomic mass is 35.5. The summed E-state index contributed by atoms with van der Waals surface area (Å²) in [5.74, 6) is -0.121. The van der Waals surface area contributed by atoms with Crippen LogP contribution in [0.3, 0.4) is 0 Å². The molecule has 1 amide bonds. The highest BCUT2D eigenvalue weighted by Gasteiger charge is 2.18. The Balaban J connectivity index is 1.72. The van der Waals surface area contributed by atoms with E-state index in [1.807, 2.05) is 52.1 Å². The van der Waals surface area contributed by atoms with E-state index in [4.69, 9.17) is 11.6 Å². The predicted octanol–water partition coefficient (Wildman–Crippen LogP) is 4.43. The first-order valence-electron chi connectivity index (χ1n) is 9.97. The number of rotatable bonds is 5. The van der Waals surface area contributed by atoms with Crippen molar-refractivity contribution in [2.24, 2.45) is 7.05 Å². The van der Waals surface area contributed by atoms with Gasteiger partial charge in [0.25, 0.3) is 5.56 Å². The quantitative estimate of drug-likeness (QED) is 0.347. The number of anilines is 1. The van der Waals surface area contributed by atoms with Crippen molar-refractivity contribution in [1.82, 2.24) is 19.3 Å². The zero-order valence-corrected chi connectivity index (χ0v) is 19.7. The standard InChI is InChI=1S/C23H22ClN5O2S/c1-13-7-5-6-8-19(13)29-22(31)17-10-9-16(24)11-18(17)25-23(29)32-12-20(30)26-21-14(2)27-28(4)15(21)3/h5-11H,12H2,1-4H3,(H,26,30). The third-order valence-corrected chi connectivity index (χ3v) is 6.44. The molecule has 2 aromatic carbocycles. The molecule has 0 unspecified atom stereocenters. The summed E-state index contributed by atoms with van der Waals surface area (Å²) in [7, 11) is 1.83. The Morgan fingerprint density at radius 3 is 2.59 bits per heavy atom. The molecule has 7 nitrogen and oxygen atoms in total. The number of hydrogen-bond acceptors (Lipinski definition) is 5. The summed E-state index contributed by atoms with van der Waals surface area (Å²) in [6.45, 7) is 5.68. The van der Waals surface area contributed by atoms with Crippen LogP contribution in [0, 0.1) is 20.8 Å². The van der Waals surface area contributed by atoms with E-state index in [1.54, 1.807) is 27.4 Å². The van der Waals surface area contributed by atoms with Gasteiger partial charge in [-0.2, -0.15) is 5.10 Å². The fraction of sp³-hybridized carbons (Fsp3) is 0.217. The van der Waals surface area contributed by atoms with Crippen LogP contribution in [0.4, 0.5) is 5.69 Å². The lowest BCUT2D eigenvalue weighted by Gasteiger charge is -2.15. The van der Waals surface area contributed by atoms with E-state index < -0.39 is 0 Å². The number of benzene rings is 2. The Labute approximate surface area is 194 Å². The van der Waals surface area contributed by atoms with Crippen molar-refractivity contribution in [3.63, 3.8) is 0 Å². The molecule has 0 spiro atoms. The van der Waals surface area contributed by atoms with E-state index in [1.165, 1.54) is 11.8 Å². The topological polar surface area (TPSA) is 81.8 Å². The molecule has 0 aliphatic carbocycles. The number of hydrogen-bond donors (Lipinski definition) is 1. The van der Waals surface area contributed by atoms with Crippen LogP contribution in [0.15, 0.2) is 52.4 Å². The molecule has 0 saturated carbocycles. The van der Waals surface area contributed by atoms with Gasteiger partial charge in [0.1, 0.15) is 0 Å². The van der Waals surface area contributed by atoms with Crippen LogP contribution in [-0.4, -0.2) is 31.0 Å². The summed E-state index contributed by atoms with van der Waals surface area (Å²) in [6.07, 6.45) is 0. The molecule has 0 radical (unpaired) electrons. The Bertz CT molecular complexity index is 1410. The number of nitrogens with one attached hydrogen (secondary N) is 1. The minimum Gasteiger partial charge on any atom is -0.322 e. The summed E-state index contributed by atoms with van der Waals surface area (Å²) in [6, 6.07) is 12.6. The lowest BCUT2D eigenvalue weighted by atomic mass is 10.2. The van der Waals surface area contributed by atoms with Crippen molar-refractivity contribution in [2.75, 3.05) is 11.1 Å². The van der Waals surface area contributed by atoms with Crippen LogP contribution in [0.2, 0.25) is 5.02 Å². The molecular weight excluding hydrogens is 446 g/mol. The SMILES string of the molecule is Cc1ccccc1-n1c(SCC(=O)Nc2c(C)nn(C)c2C)nc2cc(Cl)ccc2c1=O. The summed E-state index contributed by atoms with van der Waals surface area (Å²) < 4.78 is 3.28. The van der Waals surface area contributed by atoms with Gasteiger partial charge in [-0.25, -0.2) is 4.98 Å². The number of nitrogens with zero attached hydrogens (tertiary/aromatic N) is 4. The van der Waals surface area contributed by atoms with E-state index in [-0.39, 0.29) is 17.2 Å². The van der Waals surface area contributed by atoms with Gasteiger partial charge in [0.15, 0.2) is 5.16 Å². The number of thioether (sulfide) groups is 1. The maximum absolute atomic E-state index is 13.4. The van der Waals surface area contributed by atoms with Gasteiger partial charge in [-0.15, -0.1) is 0 Å². The first-order chi connectivity index (χ1) is 15.3. The molecule has 0 bridgehead atoms. The Morgan fingerprint density at radius 2 is 1.91 bits per heavy atom. The minimum absolute atomic E-state index is 0.0815. The van der Waals surface area contributed by atoms with Gasteiger partial charge >= 0.3 is 0 Å². The largest absolute Gasteiger partial charge is 0.322 e. The molecule has 2 heterocycles. The van der Waals surface area contributed by atoms with Crippen LogP contribution >= 0.6 is 23.4 Å². The fourth-order valence-electron chi connectivity index (χ4n) is 3.52. The molecule has 0 aliphatic rings. The van der Waals surface area contributed by atoms with Crippen LogP contribution in [-0.2, 0) is 11.8 Å². The van der Waals surface area contributed by atoms with Crippen LogP contribution in [0.5, 0.6) is 0 Å². The number of carbonyl (C=O) groups is 1. The number of aromatic nitrogens is 4. The Hall–Kier alpha value is -3.10. The zero-order chi connectivity index (χ0) is 23.0. The second-order valence-electron chi connectivity index (χ2n) is 7.49. The number of halogens is 1. The third-order valence-electron chi connectivity index (χ3n) is 5.26. The van der Waals surface area contributed by atoms with Crippen molar-refractivity contribution in [1.29, 1.82) is 0 Å². The van der Waals surface area contributed by atoms with Crippen molar-refractivity contribution in [3.8, 4) is 5.69 Å². The van der Waals surface area contributed by atoms with Crippen LogP contribution in [0.1, 0.15) is 17.0 Å². The summed E-state index contributed by atoms with van der Waals surface area (Å²) >= 11 is 7.33.